The Morgan fingerprint density at radius 1 is 1.16 bits per heavy atom. The fourth-order valence-corrected chi connectivity index (χ4v) is 7.36. The van der Waals surface area contributed by atoms with Gasteiger partial charge in [-0.1, -0.05) is 43.2 Å². The van der Waals surface area contributed by atoms with Crippen LogP contribution in [-0.2, 0) is 16.3 Å². The van der Waals surface area contributed by atoms with Crippen molar-refractivity contribution in [2.75, 3.05) is 18.6 Å². The highest BCUT2D eigenvalue weighted by atomic mass is 32.2. The van der Waals surface area contributed by atoms with Crippen LogP contribution in [0.2, 0.25) is 0 Å². The summed E-state index contributed by atoms with van der Waals surface area (Å²) in [7, 11) is -1.86. The molecule has 0 saturated heterocycles. The van der Waals surface area contributed by atoms with Gasteiger partial charge in [0.2, 0.25) is 0 Å². The summed E-state index contributed by atoms with van der Waals surface area (Å²) >= 11 is 3.21. The number of hydrogen-bond acceptors (Lipinski definition) is 7. The summed E-state index contributed by atoms with van der Waals surface area (Å²) in [6.45, 7) is 0. The van der Waals surface area contributed by atoms with Crippen LogP contribution in [0.15, 0.2) is 51.8 Å². The van der Waals surface area contributed by atoms with Gasteiger partial charge in [0, 0.05) is 23.1 Å². The first-order valence-electron chi connectivity index (χ1n) is 10.5. The molecule has 2 heterocycles. The number of benzene rings is 1. The predicted molar refractivity (Wildman–Crippen MR) is 125 cm³/mol. The van der Waals surface area contributed by atoms with Gasteiger partial charge in [-0.2, -0.15) is 0 Å². The molecule has 0 spiro atoms. The number of rotatable bonds is 9. The van der Waals surface area contributed by atoms with E-state index in [1.807, 2.05) is 0 Å². The lowest BCUT2D eigenvalue weighted by atomic mass is 9.95. The molecule has 166 valence electrons. The molecular formula is C22H27N3O3S3. The predicted octanol–water partition coefficient (Wildman–Crippen LogP) is 5.01. The van der Waals surface area contributed by atoms with Crippen LogP contribution >= 0.6 is 23.1 Å². The monoisotopic (exact) mass is 477 g/mol. The van der Waals surface area contributed by atoms with Crippen molar-refractivity contribution in [1.82, 2.24) is 14.8 Å². The van der Waals surface area contributed by atoms with Crippen molar-refractivity contribution in [2.45, 2.75) is 54.6 Å². The van der Waals surface area contributed by atoms with Gasteiger partial charge in [0.15, 0.2) is 15.0 Å². The molecule has 0 unspecified atom stereocenters. The molecule has 31 heavy (non-hydrogen) atoms. The number of thioether (sulfide) groups is 1. The zero-order valence-electron chi connectivity index (χ0n) is 17.6. The summed E-state index contributed by atoms with van der Waals surface area (Å²) in [5.74, 6) is 2.00. The Morgan fingerprint density at radius 3 is 2.74 bits per heavy atom. The van der Waals surface area contributed by atoms with Crippen molar-refractivity contribution in [3.63, 3.8) is 0 Å². The van der Waals surface area contributed by atoms with Crippen LogP contribution in [0.25, 0.3) is 0 Å². The van der Waals surface area contributed by atoms with Crippen LogP contribution < -0.4 is 4.74 Å². The summed E-state index contributed by atoms with van der Waals surface area (Å²) in [5.41, 5.74) is 0. The molecule has 1 saturated carbocycles. The Labute approximate surface area is 192 Å². The number of sulfone groups is 1. The fraction of sp³-hybridized carbons (Fsp3) is 0.455. The average molecular weight is 478 g/mol. The molecule has 0 N–H and O–H groups in total. The number of methoxy groups -OCH3 is 1. The second kappa shape index (κ2) is 10.2. The van der Waals surface area contributed by atoms with Gasteiger partial charge >= 0.3 is 0 Å². The Kier molecular flexibility index (Phi) is 7.35. The van der Waals surface area contributed by atoms with E-state index in [4.69, 9.17) is 4.74 Å². The SMILES string of the molecule is COc1cccc(S(=O)(=O)CCSc2nnc(Cc3cccs3)n2C2CCCCC2)c1. The van der Waals surface area contributed by atoms with E-state index in [2.05, 4.69) is 32.3 Å². The van der Waals surface area contributed by atoms with E-state index in [0.717, 1.165) is 30.2 Å². The Balaban J connectivity index is 1.49. The molecule has 6 nitrogen and oxygen atoms in total. The first-order valence-corrected chi connectivity index (χ1v) is 14.0. The van der Waals surface area contributed by atoms with E-state index in [-0.39, 0.29) is 5.75 Å². The van der Waals surface area contributed by atoms with Gasteiger partial charge in [0.05, 0.1) is 17.8 Å². The minimum Gasteiger partial charge on any atom is -0.497 e. The number of thiophene rings is 1. The summed E-state index contributed by atoms with van der Waals surface area (Å²) < 4.78 is 33.0. The molecule has 3 aromatic rings. The van der Waals surface area contributed by atoms with Crippen LogP contribution in [0, 0.1) is 0 Å². The number of aromatic nitrogens is 3. The van der Waals surface area contributed by atoms with E-state index < -0.39 is 9.84 Å². The maximum absolute atomic E-state index is 12.8. The molecule has 0 aliphatic heterocycles. The van der Waals surface area contributed by atoms with Gasteiger partial charge in [-0.15, -0.1) is 21.5 Å². The van der Waals surface area contributed by atoms with Gasteiger partial charge in [-0.3, -0.25) is 0 Å². The Hall–Kier alpha value is -1.84. The molecule has 0 amide bonds. The number of nitrogens with zero attached hydrogens (tertiary/aromatic N) is 3. The maximum Gasteiger partial charge on any atom is 0.191 e. The van der Waals surface area contributed by atoms with Crippen molar-refractivity contribution in [3.8, 4) is 5.75 Å². The van der Waals surface area contributed by atoms with Crippen molar-refractivity contribution >= 4 is 32.9 Å². The second-order valence-corrected chi connectivity index (χ2v) is 11.9. The van der Waals surface area contributed by atoms with E-state index >= 15 is 0 Å². The van der Waals surface area contributed by atoms with E-state index in [1.54, 1.807) is 35.6 Å². The highest BCUT2D eigenvalue weighted by Crippen LogP contribution is 2.33. The van der Waals surface area contributed by atoms with Crippen molar-refractivity contribution in [2.24, 2.45) is 0 Å². The third kappa shape index (κ3) is 5.51. The molecule has 0 bridgehead atoms. The smallest absolute Gasteiger partial charge is 0.191 e. The first kappa shape index (κ1) is 22.4. The Bertz CT molecular complexity index is 1090. The third-order valence-electron chi connectivity index (χ3n) is 5.57. The van der Waals surface area contributed by atoms with Gasteiger partial charge in [-0.25, -0.2) is 8.42 Å². The zero-order valence-corrected chi connectivity index (χ0v) is 20.0. The zero-order chi connectivity index (χ0) is 21.7. The first-order chi connectivity index (χ1) is 15.1. The summed E-state index contributed by atoms with van der Waals surface area (Å²) in [6, 6.07) is 11.2. The van der Waals surface area contributed by atoms with Gasteiger partial charge in [-0.05, 0) is 42.5 Å². The molecular weight excluding hydrogens is 450 g/mol. The molecule has 0 radical (unpaired) electrons. The van der Waals surface area contributed by atoms with E-state index in [0.29, 0.717) is 22.4 Å². The van der Waals surface area contributed by atoms with E-state index in [9.17, 15) is 8.42 Å². The van der Waals surface area contributed by atoms with Crippen LogP contribution in [0.4, 0.5) is 0 Å². The van der Waals surface area contributed by atoms with Crippen LogP contribution in [0.5, 0.6) is 5.75 Å². The topological polar surface area (TPSA) is 74.1 Å². The standard InChI is InChI=1S/C22H27N3O3S3/c1-28-18-9-5-11-20(15-18)31(26,27)14-13-30-22-24-23-21(16-19-10-6-12-29-19)25(22)17-7-3-2-4-8-17/h5-6,9-12,15,17H,2-4,7-8,13-14,16H2,1H3. The molecule has 1 fully saturated rings. The lowest BCUT2D eigenvalue weighted by molar-refractivity contribution is 0.330. The molecule has 0 atom stereocenters. The molecule has 2 aromatic heterocycles. The lowest BCUT2D eigenvalue weighted by Crippen LogP contribution is -2.17. The minimum atomic E-state index is -3.39. The second-order valence-electron chi connectivity index (χ2n) is 7.66. The van der Waals surface area contributed by atoms with Crippen LogP contribution in [0.1, 0.15) is 48.8 Å². The minimum absolute atomic E-state index is 0.0443. The normalized spacial score (nSPS) is 15.3. The lowest BCUT2D eigenvalue weighted by Gasteiger charge is -2.25. The third-order valence-corrected chi connectivity index (χ3v) is 9.36. The molecule has 4 rings (SSSR count). The molecule has 1 aliphatic carbocycles. The number of hydrogen-bond donors (Lipinski definition) is 0. The maximum atomic E-state index is 12.8. The van der Waals surface area contributed by atoms with Gasteiger partial charge in [0.1, 0.15) is 11.6 Å². The van der Waals surface area contributed by atoms with Crippen molar-refractivity contribution in [3.05, 3.63) is 52.5 Å². The van der Waals surface area contributed by atoms with Crippen molar-refractivity contribution in [1.29, 1.82) is 0 Å². The summed E-state index contributed by atoms with van der Waals surface area (Å²) in [6.07, 6.45) is 6.74. The fourth-order valence-electron chi connectivity index (χ4n) is 3.96. The largest absolute Gasteiger partial charge is 0.497 e. The van der Waals surface area contributed by atoms with Crippen LogP contribution in [-0.4, -0.2) is 41.8 Å². The van der Waals surface area contributed by atoms with E-state index in [1.165, 1.54) is 43.0 Å². The van der Waals surface area contributed by atoms with Crippen LogP contribution in [0.3, 0.4) is 0 Å². The number of ether oxygens (including phenoxy) is 1. The summed E-state index contributed by atoms with van der Waals surface area (Å²) in [5, 5.41) is 11.9. The van der Waals surface area contributed by atoms with Gasteiger partial charge < -0.3 is 9.30 Å². The van der Waals surface area contributed by atoms with Gasteiger partial charge in [0.25, 0.3) is 0 Å². The quantitative estimate of drug-likeness (QED) is 0.403. The Morgan fingerprint density at radius 2 is 2.00 bits per heavy atom. The van der Waals surface area contributed by atoms with Crippen molar-refractivity contribution < 1.29 is 13.2 Å². The average Bonchev–Trinajstić information content (AvgIpc) is 3.45. The summed E-state index contributed by atoms with van der Waals surface area (Å²) in [4.78, 5) is 1.56. The highest BCUT2D eigenvalue weighted by Gasteiger charge is 2.24. The molecule has 1 aliphatic rings. The molecule has 1 aromatic carbocycles. The highest BCUT2D eigenvalue weighted by molar-refractivity contribution is 8.00. The molecule has 9 heteroatoms.